The number of aryl methyl sites for hydroxylation is 1. The smallest absolute Gasteiger partial charge is 0.323 e. The van der Waals surface area contributed by atoms with Gasteiger partial charge < -0.3 is 20.1 Å². The summed E-state index contributed by atoms with van der Waals surface area (Å²) in [5.41, 5.74) is 8.17. The predicted octanol–water partition coefficient (Wildman–Crippen LogP) is 4.12. The lowest BCUT2D eigenvalue weighted by Gasteiger charge is -2.35. The number of rotatable bonds is 11. The first kappa shape index (κ1) is 31.1. The van der Waals surface area contributed by atoms with Crippen LogP contribution in [-0.4, -0.2) is 75.6 Å². The van der Waals surface area contributed by atoms with Crippen molar-refractivity contribution in [2.24, 2.45) is 10.7 Å². The second-order valence-corrected chi connectivity index (χ2v) is 12.4. The SMILES string of the molecule is CCOC(=O)CS(=O)(=O)N(C/C=C/c1cccc(C(=N)N)c1)c1ccc(OC2CCN(C3=NCCCC3)CC2)c(C)c1. The maximum absolute atomic E-state index is 13.4. The van der Waals surface area contributed by atoms with Crippen molar-refractivity contribution >= 4 is 39.4 Å². The van der Waals surface area contributed by atoms with Crippen LogP contribution in [0.25, 0.3) is 6.08 Å². The number of nitrogens with one attached hydrogen (secondary N) is 1. The van der Waals surface area contributed by atoms with Crippen molar-refractivity contribution in [1.82, 2.24) is 4.90 Å². The van der Waals surface area contributed by atoms with Crippen LogP contribution in [0.4, 0.5) is 5.69 Å². The molecule has 0 bridgehead atoms. The van der Waals surface area contributed by atoms with Crippen molar-refractivity contribution in [3.8, 4) is 5.75 Å². The number of nitrogen functional groups attached to an aromatic ring is 1. The molecule has 2 heterocycles. The highest BCUT2D eigenvalue weighted by molar-refractivity contribution is 7.93. The number of likely N-dealkylation sites (tertiary alicyclic amines) is 1. The molecule has 4 rings (SSSR count). The fourth-order valence-corrected chi connectivity index (χ4v) is 6.46. The first-order valence-corrected chi connectivity index (χ1v) is 16.1. The van der Waals surface area contributed by atoms with Gasteiger partial charge in [0.05, 0.1) is 24.7 Å². The summed E-state index contributed by atoms with van der Waals surface area (Å²) in [7, 11) is -4.05. The van der Waals surface area contributed by atoms with Gasteiger partial charge in [-0.25, -0.2) is 8.42 Å². The van der Waals surface area contributed by atoms with Crippen molar-refractivity contribution in [2.45, 2.75) is 52.1 Å². The lowest BCUT2D eigenvalue weighted by atomic mass is 10.1. The highest BCUT2D eigenvalue weighted by atomic mass is 32.2. The lowest BCUT2D eigenvalue weighted by molar-refractivity contribution is -0.139. The Morgan fingerprint density at radius 1 is 1.19 bits per heavy atom. The molecule has 0 aromatic heterocycles. The largest absolute Gasteiger partial charge is 0.490 e. The third-order valence-electron chi connectivity index (χ3n) is 7.37. The third-order valence-corrected chi connectivity index (χ3v) is 9.00. The molecule has 1 saturated heterocycles. The van der Waals surface area contributed by atoms with Crippen LogP contribution in [0, 0.1) is 12.3 Å². The topological polar surface area (TPSA) is 138 Å². The zero-order valence-corrected chi connectivity index (χ0v) is 25.2. The van der Waals surface area contributed by atoms with Crippen LogP contribution < -0.4 is 14.8 Å². The van der Waals surface area contributed by atoms with Crippen LogP contribution >= 0.6 is 0 Å². The van der Waals surface area contributed by atoms with Crippen LogP contribution in [0.2, 0.25) is 0 Å². The second-order valence-electron chi connectivity index (χ2n) is 10.5. The fourth-order valence-electron chi connectivity index (χ4n) is 5.18. The molecule has 0 saturated carbocycles. The van der Waals surface area contributed by atoms with Crippen molar-refractivity contribution < 1.29 is 22.7 Å². The van der Waals surface area contributed by atoms with E-state index in [1.807, 2.05) is 13.0 Å². The number of piperidine rings is 1. The highest BCUT2D eigenvalue weighted by Gasteiger charge is 2.27. The summed E-state index contributed by atoms with van der Waals surface area (Å²) in [6.07, 6.45) is 8.77. The zero-order chi connectivity index (χ0) is 30.1. The molecular formula is C31H41N5O5S. The second kappa shape index (κ2) is 14.4. The summed E-state index contributed by atoms with van der Waals surface area (Å²) in [5.74, 6) is 0.320. The van der Waals surface area contributed by atoms with E-state index in [0.717, 1.165) is 50.0 Å². The molecular weight excluding hydrogens is 554 g/mol. The number of carbonyl (C=O) groups is 1. The molecule has 2 aliphatic heterocycles. The van der Waals surface area contributed by atoms with Crippen LogP contribution in [-0.2, 0) is 19.6 Å². The van der Waals surface area contributed by atoms with E-state index >= 15 is 0 Å². The Morgan fingerprint density at radius 2 is 1.98 bits per heavy atom. The molecule has 0 spiro atoms. The van der Waals surface area contributed by atoms with Crippen molar-refractivity contribution in [3.05, 3.63) is 65.2 Å². The van der Waals surface area contributed by atoms with Crippen LogP contribution in [0.15, 0.2) is 53.5 Å². The minimum atomic E-state index is -4.05. The summed E-state index contributed by atoms with van der Waals surface area (Å²) in [5, 5.41) is 7.65. The molecule has 226 valence electrons. The molecule has 2 aliphatic rings. The number of hydrogen-bond donors (Lipinski definition) is 2. The number of esters is 1. The van der Waals surface area contributed by atoms with Gasteiger partial charge in [-0.05, 0) is 62.1 Å². The molecule has 42 heavy (non-hydrogen) atoms. The van der Waals surface area contributed by atoms with E-state index in [1.165, 1.54) is 23.0 Å². The molecule has 10 nitrogen and oxygen atoms in total. The number of sulfonamides is 1. The lowest BCUT2D eigenvalue weighted by Crippen LogP contribution is -2.42. The molecule has 0 unspecified atom stereocenters. The van der Waals surface area contributed by atoms with Gasteiger partial charge in [0, 0.05) is 44.5 Å². The van der Waals surface area contributed by atoms with Crippen LogP contribution in [0.3, 0.4) is 0 Å². The first-order chi connectivity index (χ1) is 20.2. The summed E-state index contributed by atoms with van der Waals surface area (Å²) in [6, 6.07) is 12.4. The molecule has 2 aromatic rings. The van der Waals surface area contributed by atoms with E-state index in [0.29, 0.717) is 17.0 Å². The number of anilines is 1. The van der Waals surface area contributed by atoms with E-state index in [2.05, 4.69) is 4.90 Å². The van der Waals surface area contributed by atoms with E-state index in [-0.39, 0.29) is 25.1 Å². The number of aliphatic imine (C=N–C) groups is 1. The molecule has 1 fully saturated rings. The Bertz CT molecular complexity index is 1430. The van der Waals surface area contributed by atoms with Gasteiger partial charge in [-0.3, -0.25) is 19.5 Å². The maximum Gasteiger partial charge on any atom is 0.323 e. The summed E-state index contributed by atoms with van der Waals surface area (Å²) < 4.78 is 39.2. The molecule has 2 aromatic carbocycles. The van der Waals surface area contributed by atoms with Gasteiger partial charge in [0.25, 0.3) is 0 Å². The molecule has 0 atom stereocenters. The highest BCUT2D eigenvalue weighted by Crippen LogP contribution is 2.29. The van der Waals surface area contributed by atoms with Gasteiger partial charge in [-0.2, -0.15) is 0 Å². The normalized spacial score (nSPS) is 16.2. The fraction of sp³-hybridized carbons (Fsp3) is 0.452. The van der Waals surface area contributed by atoms with Crippen molar-refractivity contribution in [1.29, 1.82) is 5.41 Å². The van der Waals surface area contributed by atoms with Gasteiger partial charge in [-0.1, -0.05) is 30.4 Å². The first-order valence-electron chi connectivity index (χ1n) is 14.5. The van der Waals surface area contributed by atoms with Gasteiger partial charge in [0.2, 0.25) is 10.0 Å². The molecule has 3 N–H and O–H groups in total. The number of carbonyl (C=O) groups excluding carboxylic acids is 1. The molecule has 0 radical (unpaired) electrons. The summed E-state index contributed by atoms with van der Waals surface area (Å²) in [6.45, 7) is 6.38. The Hall–Kier alpha value is -3.86. The van der Waals surface area contributed by atoms with Gasteiger partial charge in [0.1, 0.15) is 17.7 Å². The van der Waals surface area contributed by atoms with Crippen molar-refractivity contribution in [2.75, 3.05) is 42.8 Å². The maximum atomic E-state index is 13.4. The Balaban J connectivity index is 1.48. The van der Waals surface area contributed by atoms with Crippen LogP contribution in [0.5, 0.6) is 5.75 Å². The zero-order valence-electron chi connectivity index (χ0n) is 24.4. The molecule has 11 heteroatoms. The standard InChI is InChI=1S/C31H41N5O5S/c1-3-40-30(37)22-42(38,39)36(17-7-9-24-8-6-10-25(21-24)31(32)33)26-12-13-28(23(2)20-26)41-27-14-18-35(19-15-27)29-11-4-5-16-34-29/h6-10,12-13,20-21,27H,3-5,11,14-19,22H2,1-2H3,(H3,32,33)/b9-7+. The van der Waals surface area contributed by atoms with Crippen LogP contribution in [0.1, 0.15) is 55.7 Å². The van der Waals surface area contributed by atoms with Gasteiger partial charge in [-0.15, -0.1) is 0 Å². The van der Waals surface area contributed by atoms with Crippen molar-refractivity contribution in [3.63, 3.8) is 0 Å². The average molecular weight is 596 g/mol. The van der Waals surface area contributed by atoms with Gasteiger partial charge in [0.15, 0.2) is 5.75 Å². The summed E-state index contributed by atoms with van der Waals surface area (Å²) in [4.78, 5) is 19.2. The Morgan fingerprint density at radius 3 is 2.64 bits per heavy atom. The number of nitrogens with zero attached hydrogens (tertiary/aromatic N) is 3. The van der Waals surface area contributed by atoms with E-state index in [4.69, 9.17) is 25.6 Å². The monoisotopic (exact) mass is 595 g/mol. The summed E-state index contributed by atoms with van der Waals surface area (Å²) >= 11 is 0. The number of nitrogens with two attached hydrogens (primary N) is 1. The Kier molecular flexibility index (Phi) is 10.6. The average Bonchev–Trinajstić information content (AvgIpc) is 2.97. The number of hydrogen-bond acceptors (Lipinski definition) is 8. The predicted molar refractivity (Wildman–Crippen MR) is 167 cm³/mol. The molecule has 0 amide bonds. The quantitative estimate of drug-likeness (QED) is 0.226. The minimum absolute atomic E-state index is 0.00593. The molecule has 0 aliphatic carbocycles. The van der Waals surface area contributed by atoms with Gasteiger partial charge >= 0.3 is 5.97 Å². The number of benzene rings is 2. The third kappa shape index (κ3) is 8.34. The minimum Gasteiger partial charge on any atom is -0.490 e. The van der Waals surface area contributed by atoms with E-state index < -0.39 is 21.7 Å². The van der Waals surface area contributed by atoms with E-state index in [9.17, 15) is 13.2 Å². The number of amidine groups is 2. The number of ether oxygens (including phenoxy) is 2. The van der Waals surface area contributed by atoms with E-state index in [1.54, 1.807) is 55.5 Å². The Labute approximate surface area is 248 Å².